The molecule has 8 heteroatoms. The minimum Gasteiger partial charge on any atom is -0.372 e. The third-order valence-electron chi connectivity index (χ3n) is 4.38. The molecule has 4 rings (SSSR count). The van der Waals surface area contributed by atoms with Crippen molar-refractivity contribution in [2.75, 3.05) is 18.0 Å². The van der Waals surface area contributed by atoms with Crippen LogP contribution in [0.3, 0.4) is 0 Å². The molecule has 0 bridgehead atoms. The fourth-order valence-corrected chi connectivity index (χ4v) is 3.79. The summed E-state index contributed by atoms with van der Waals surface area (Å²) in [6.07, 6.45) is 5.62. The molecule has 3 aromatic rings. The number of benzene rings is 1. The molecule has 1 saturated heterocycles. The van der Waals surface area contributed by atoms with Gasteiger partial charge in [-0.25, -0.2) is 0 Å². The van der Waals surface area contributed by atoms with Gasteiger partial charge in [0.1, 0.15) is 16.4 Å². The summed E-state index contributed by atoms with van der Waals surface area (Å²) >= 11 is 6.64. The first kappa shape index (κ1) is 16.9. The van der Waals surface area contributed by atoms with Gasteiger partial charge in [-0.1, -0.05) is 16.8 Å². The lowest BCUT2D eigenvalue weighted by molar-refractivity contribution is -0.00524. The summed E-state index contributed by atoms with van der Waals surface area (Å²) in [7, 11) is 0. The third kappa shape index (κ3) is 2.83. The molecule has 0 unspecified atom stereocenters. The van der Waals surface area contributed by atoms with Crippen molar-refractivity contribution in [1.29, 1.82) is 0 Å². The van der Waals surface area contributed by atoms with Crippen molar-refractivity contribution in [3.05, 3.63) is 35.2 Å². The van der Waals surface area contributed by atoms with Crippen LogP contribution in [0.2, 0.25) is 5.02 Å². The maximum Gasteiger partial charge on any atom is 0.188 e. The number of halogens is 1. The smallest absolute Gasteiger partial charge is 0.188 e. The Bertz CT molecular complexity index is 950. The van der Waals surface area contributed by atoms with Crippen LogP contribution in [0.25, 0.3) is 22.4 Å². The van der Waals surface area contributed by atoms with Gasteiger partial charge in [-0.2, -0.15) is 0 Å². The van der Waals surface area contributed by atoms with Crippen molar-refractivity contribution >= 4 is 34.5 Å². The Morgan fingerprint density at radius 1 is 1.27 bits per heavy atom. The summed E-state index contributed by atoms with van der Waals surface area (Å²) in [6, 6.07) is 1.74. The Morgan fingerprint density at radius 2 is 2.04 bits per heavy atom. The van der Waals surface area contributed by atoms with Crippen LogP contribution in [0.15, 0.2) is 29.2 Å². The monoisotopic (exact) mass is 372 g/mol. The van der Waals surface area contributed by atoms with E-state index < -0.39 is 0 Å². The number of nitrogens with zero attached hydrogens (tertiary/aromatic N) is 4. The lowest BCUT2D eigenvalue weighted by atomic mass is 10.1. The fraction of sp³-hybridized carbons (Fsp3) is 0.333. The molecule has 2 atom stereocenters. The normalized spacial score (nSPS) is 20.5. The van der Waals surface area contributed by atoms with E-state index in [1.807, 2.05) is 13.8 Å². The van der Waals surface area contributed by atoms with Crippen LogP contribution in [0.1, 0.15) is 24.2 Å². The van der Waals surface area contributed by atoms with Gasteiger partial charge in [-0.3, -0.25) is 14.8 Å². The second kappa shape index (κ2) is 6.66. The molecule has 26 heavy (non-hydrogen) atoms. The van der Waals surface area contributed by atoms with Crippen molar-refractivity contribution in [3.63, 3.8) is 0 Å². The minimum absolute atomic E-state index is 0.0369. The SMILES string of the molecule is C[C@@H]1CN(c2c(C=O)cc3c(-c4cnccn4)noc3c2Cl)C[C@H](C)O1. The zero-order chi connectivity index (χ0) is 18.3. The zero-order valence-electron chi connectivity index (χ0n) is 14.3. The van der Waals surface area contributed by atoms with Crippen LogP contribution in [0.5, 0.6) is 0 Å². The standard InChI is InChI=1S/C18H17ClN4O3/c1-10-7-23(8-11(2)25-10)17-12(9-24)5-13-16(14-6-20-3-4-21-14)22-26-18(13)15(17)19/h3-6,9-11H,7-8H2,1-2H3/t10-,11+. The average Bonchev–Trinajstić information content (AvgIpc) is 3.05. The van der Waals surface area contributed by atoms with Crippen LogP contribution < -0.4 is 4.90 Å². The van der Waals surface area contributed by atoms with E-state index in [0.29, 0.717) is 51.7 Å². The van der Waals surface area contributed by atoms with Gasteiger partial charge in [0.2, 0.25) is 0 Å². The second-order valence-electron chi connectivity index (χ2n) is 6.41. The zero-order valence-corrected chi connectivity index (χ0v) is 15.1. The van der Waals surface area contributed by atoms with Crippen molar-refractivity contribution in [1.82, 2.24) is 15.1 Å². The van der Waals surface area contributed by atoms with E-state index in [1.54, 1.807) is 24.7 Å². The Kier molecular flexibility index (Phi) is 4.34. The molecule has 2 aromatic heterocycles. The summed E-state index contributed by atoms with van der Waals surface area (Å²) in [6.45, 7) is 5.27. The first-order chi connectivity index (χ1) is 12.6. The van der Waals surface area contributed by atoms with Gasteiger partial charge in [0.15, 0.2) is 11.9 Å². The molecule has 0 radical (unpaired) electrons. The van der Waals surface area contributed by atoms with Crippen LogP contribution in [0, 0.1) is 0 Å². The number of anilines is 1. The molecule has 1 aliphatic heterocycles. The van der Waals surface area contributed by atoms with Gasteiger partial charge in [0.25, 0.3) is 0 Å². The number of carbonyl (C=O) groups is 1. The second-order valence-corrected chi connectivity index (χ2v) is 6.79. The number of fused-ring (bicyclic) bond motifs is 1. The molecule has 0 aliphatic carbocycles. The molecule has 1 fully saturated rings. The number of aromatic nitrogens is 3. The number of ether oxygens (including phenoxy) is 1. The summed E-state index contributed by atoms with van der Waals surface area (Å²) in [5, 5.41) is 5.10. The van der Waals surface area contributed by atoms with Gasteiger partial charge in [0, 0.05) is 31.0 Å². The molecular weight excluding hydrogens is 356 g/mol. The van der Waals surface area contributed by atoms with E-state index in [9.17, 15) is 4.79 Å². The Labute approximate surface area is 154 Å². The topological polar surface area (TPSA) is 81.4 Å². The quantitative estimate of drug-likeness (QED) is 0.652. The molecule has 0 saturated carbocycles. The van der Waals surface area contributed by atoms with Crippen molar-refractivity contribution in [3.8, 4) is 11.4 Å². The molecule has 7 nitrogen and oxygen atoms in total. The van der Waals surface area contributed by atoms with Gasteiger partial charge < -0.3 is 14.2 Å². The number of morpholine rings is 1. The van der Waals surface area contributed by atoms with Crippen molar-refractivity contribution in [2.45, 2.75) is 26.1 Å². The summed E-state index contributed by atoms with van der Waals surface area (Å²) in [5.41, 5.74) is 2.63. The van der Waals surface area contributed by atoms with Crippen LogP contribution in [0.4, 0.5) is 5.69 Å². The van der Waals surface area contributed by atoms with Crippen LogP contribution in [-0.2, 0) is 4.74 Å². The van der Waals surface area contributed by atoms with Crippen molar-refractivity contribution < 1.29 is 14.1 Å². The molecule has 0 spiro atoms. The minimum atomic E-state index is 0.0369. The maximum absolute atomic E-state index is 11.8. The van der Waals surface area contributed by atoms with E-state index in [0.717, 1.165) is 6.29 Å². The molecule has 3 heterocycles. The van der Waals surface area contributed by atoms with Gasteiger partial charge in [0.05, 0.1) is 29.5 Å². The Balaban J connectivity index is 1.88. The van der Waals surface area contributed by atoms with Gasteiger partial charge >= 0.3 is 0 Å². The first-order valence-electron chi connectivity index (χ1n) is 8.32. The largest absolute Gasteiger partial charge is 0.372 e. The van der Waals surface area contributed by atoms with E-state index >= 15 is 0 Å². The molecule has 1 aliphatic rings. The Hall–Kier alpha value is -2.51. The van der Waals surface area contributed by atoms with Crippen LogP contribution >= 0.6 is 11.6 Å². The number of carbonyl (C=O) groups excluding carboxylic acids is 1. The van der Waals surface area contributed by atoms with Gasteiger partial charge in [-0.15, -0.1) is 0 Å². The van der Waals surface area contributed by atoms with E-state index in [1.165, 1.54) is 0 Å². The predicted molar refractivity (Wildman–Crippen MR) is 97.7 cm³/mol. The summed E-state index contributed by atoms with van der Waals surface area (Å²) < 4.78 is 11.3. The number of rotatable bonds is 3. The number of hydrogen-bond acceptors (Lipinski definition) is 7. The third-order valence-corrected chi connectivity index (χ3v) is 4.73. The molecule has 1 aromatic carbocycles. The highest BCUT2D eigenvalue weighted by Crippen LogP contribution is 2.40. The Morgan fingerprint density at radius 3 is 2.69 bits per heavy atom. The average molecular weight is 373 g/mol. The maximum atomic E-state index is 11.8. The number of aldehydes is 1. The molecule has 134 valence electrons. The van der Waals surface area contributed by atoms with Gasteiger partial charge in [-0.05, 0) is 19.9 Å². The molecular formula is C18H17ClN4O3. The molecule has 0 N–H and O–H groups in total. The predicted octanol–water partition coefficient (Wildman–Crippen LogP) is 3.36. The van der Waals surface area contributed by atoms with E-state index in [4.69, 9.17) is 20.9 Å². The highest BCUT2D eigenvalue weighted by atomic mass is 35.5. The van der Waals surface area contributed by atoms with Crippen molar-refractivity contribution in [2.24, 2.45) is 0 Å². The summed E-state index contributed by atoms with van der Waals surface area (Å²) in [4.78, 5) is 22.2. The lowest BCUT2D eigenvalue weighted by Crippen LogP contribution is -2.46. The first-order valence-corrected chi connectivity index (χ1v) is 8.70. The van der Waals surface area contributed by atoms with E-state index in [2.05, 4.69) is 20.0 Å². The lowest BCUT2D eigenvalue weighted by Gasteiger charge is -2.37. The highest BCUT2D eigenvalue weighted by Gasteiger charge is 2.28. The van der Waals surface area contributed by atoms with E-state index in [-0.39, 0.29) is 12.2 Å². The highest BCUT2D eigenvalue weighted by molar-refractivity contribution is 6.38. The molecule has 0 amide bonds. The van der Waals surface area contributed by atoms with Crippen LogP contribution in [-0.4, -0.2) is 46.7 Å². The fourth-order valence-electron chi connectivity index (χ4n) is 3.43. The summed E-state index contributed by atoms with van der Waals surface area (Å²) in [5.74, 6) is 0. The number of hydrogen-bond donors (Lipinski definition) is 0.